The lowest BCUT2D eigenvalue weighted by Crippen LogP contribution is -2.38. The van der Waals surface area contributed by atoms with E-state index in [1.165, 1.54) is 24.3 Å². The molecule has 1 unspecified atom stereocenters. The molecule has 1 N–H and O–H groups in total. The Labute approximate surface area is 118 Å². The first-order chi connectivity index (χ1) is 9.70. The molecule has 0 aromatic heterocycles. The van der Waals surface area contributed by atoms with Crippen molar-refractivity contribution in [3.63, 3.8) is 0 Å². The Morgan fingerprint density at radius 1 is 1.40 bits per heavy atom. The highest BCUT2D eigenvalue weighted by molar-refractivity contribution is 5.78. The van der Waals surface area contributed by atoms with E-state index in [0.29, 0.717) is 12.2 Å². The molecule has 110 valence electrons. The molecular weight excluding hydrogens is 261 g/mol. The number of rotatable bonds is 6. The smallest absolute Gasteiger partial charge is 0.260 e. The normalized spacial score (nSPS) is 18.3. The number of amides is 1. The number of likely N-dealkylation sites (tertiary alicyclic amines) is 1. The standard InChI is InChI=1S/C15H20FNO3/c16-12-5-7-14(8-6-12)20-11-15(19)17-9-1-3-13(17)4-2-10-18/h5-8,13,18H,1-4,9-11H2. The number of nitrogens with zero attached hydrogens (tertiary/aromatic N) is 1. The SMILES string of the molecule is O=C(COc1ccc(F)cc1)N1CCCC1CCCO. The van der Waals surface area contributed by atoms with E-state index in [1.807, 2.05) is 4.90 Å². The van der Waals surface area contributed by atoms with Crippen molar-refractivity contribution >= 4 is 5.91 Å². The molecule has 1 saturated heterocycles. The van der Waals surface area contributed by atoms with Gasteiger partial charge in [-0.2, -0.15) is 0 Å². The van der Waals surface area contributed by atoms with Crippen LogP contribution in [0.5, 0.6) is 5.75 Å². The highest BCUT2D eigenvalue weighted by Crippen LogP contribution is 2.21. The molecule has 0 saturated carbocycles. The highest BCUT2D eigenvalue weighted by Gasteiger charge is 2.28. The van der Waals surface area contributed by atoms with E-state index in [-0.39, 0.29) is 31.0 Å². The van der Waals surface area contributed by atoms with Crippen LogP contribution in [0.1, 0.15) is 25.7 Å². The summed E-state index contributed by atoms with van der Waals surface area (Å²) in [4.78, 5) is 14.0. The second-order valence-electron chi connectivity index (χ2n) is 4.99. The van der Waals surface area contributed by atoms with Crippen LogP contribution in [0.15, 0.2) is 24.3 Å². The molecule has 1 aromatic rings. The van der Waals surface area contributed by atoms with Gasteiger partial charge >= 0.3 is 0 Å². The molecule has 1 aliphatic heterocycles. The van der Waals surface area contributed by atoms with Crippen LogP contribution >= 0.6 is 0 Å². The monoisotopic (exact) mass is 281 g/mol. The average Bonchev–Trinajstić information content (AvgIpc) is 2.92. The molecule has 0 spiro atoms. The minimum absolute atomic E-state index is 0.0265. The quantitative estimate of drug-likeness (QED) is 0.867. The topological polar surface area (TPSA) is 49.8 Å². The van der Waals surface area contributed by atoms with Crippen LogP contribution in [0.2, 0.25) is 0 Å². The number of hydrogen-bond acceptors (Lipinski definition) is 3. The van der Waals surface area contributed by atoms with Gasteiger partial charge in [-0.3, -0.25) is 4.79 Å². The Morgan fingerprint density at radius 2 is 2.15 bits per heavy atom. The number of benzene rings is 1. The number of ether oxygens (including phenoxy) is 1. The van der Waals surface area contributed by atoms with E-state index in [4.69, 9.17) is 9.84 Å². The maximum Gasteiger partial charge on any atom is 0.260 e. The molecule has 1 aliphatic rings. The minimum atomic E-state index is -0.327. The number of carbonyl (C=O) groups is 1. The van der Waals surface area contributed by atoms with Crippen molar-refractivity contribution < 1.29 is 19.0 Å². The molecule has 2 rings (SSSR count). The van der Waals surface area contributed by atoms with Gasteiger partial charge in [0.2, 0.25) is 0 Å². The summed E-state index contributed by atoms with van der Waals surface area (Å²) in [7, 11) is 0. The maximum atomic E-state index is 12.7. The molecule has 1 fully saturated rings. The Bertz CT molecular complexity index is 435. The summed E-state index contributed by atoms with van der Waals surface area (Å²) >= 11 is 0. The van der Waals surface area contributed by atoms with Gasteiger partial charge in [0.25, 0.3) is 5.91 Å². The fourth-order valence-electron chi connectivity index (χ4n) is 2.55. The van der Waals surface area contributed by atoms with Crippen LogP contribution in [0.3, 0.4) is 0 Å². The zero-order valence-corrected chi connectivity index (χ0v) is 11.4. The van der Waals surface area contributed by atoms with E-state index in [9.17, 15) is 9.18 Å². The fraction of sp³-hybridized carbons (Fsp3) is 0.533. The molecule has 1 atom stereocenters. The summed E-state index contributed by atoms with van der Waals surface area (Å²) < 4.78 is 18.1. The molecule has 4 nitrogen and oxygen atoms in total. The first-order valence-corrected chi connectivity index (χ1v) is 6.99. The second kappa shape index (κ2) is 7.24. The van der Waals surface area contributed by atoms with Crippen LogP contribution in [-0.2, 0) is 4.79 Å². The zero-order valence-electron chi connectivity index (χ0n) is 11.4. The van der Waals surface area contributed by atoms with Gasteiger partial charge in [-0.1, -0.05) is 0 Å². The number of aliphatic hydroxyl groups excluding tert-OH is 1. The van der Waals surface area contributed by atoms with Crippen LogP contribution in [-0.4, -0.2) is 41.7 Å². The van der Waals surface area contributed by atoms with E-state index >= 15 is 0 Å². The van der Waals surface area contributed by atoms with Crippen LogP contribution < -0.4 is 4.74 Å². The van der Waals surface area contributed by atoms with Crippen molar-refractivity contribution in [1.82, 2.24) is 4.90 Å². The summed E-state index contributed by atoms with van der Waals surface area (Å²) in [5, 5.41) is 8.87. The van der Waals surface area contributed by atoms with E-state index in [0.717, 1.165) is 25.8 Å². The Kier molecular flexibility index (Phi) is 5.35. The summed E-state index contributed by atoms with van der Waals surface area (Å²) in [5.41, 5.74) is 0. The van der Waals surface area contributed by atoms with Gasteiger partial charge in [0, 0.05) is 19.2 Å². The summed E-state index contributed by atoms with van der Waals surface area (Å²) in [6.45, 7) is 0.883. The maximum absolute atomic E-state index is 12.7. The lowest BCUT2D eigenvalue weighted by Gasteiger charge is -2.24. The third-order valence-electron chi connectivity index (χ3n) is 3.57. The highest BCUT2D eigenvalue weighted by atomic mass is 19.1. The molecule has 5 heteroatoms. The predicted molar refractivity (Wildman–Crippen MR) is 72.9 cm³/mol. The van der Waals surface area contributed by atoms with Crippen LogP contribution in [0, 0.1) is 5.82 Å². The van der Waals surface area contributed by atoms with Gasteiger partial charge in [0.05, 0.1) is 0 Å². The second-order valence-corrected chi connectivity index (χ2v) is 4.99. The first-order valence-electron chi connectivity index (χ1n) is 6.99. The molecular formula is C15H20FNO3. The molecule has 0 radical (unpaired) electrons. The van der Waals surface area contributed by atoms with Gasteiger partial charge in [-0.05, 0) is 49.9 Å². The van der Waals surface area contributed by atoms with Crippen molar-refractivity contribution in [3.05, 3.63) is 30.1 Å². The van der Waals surface area contributed by atoms with Crippen molar-refractivity contribution in [1.29, 1.82) is 0 Å². The lowest BCUT2D eigenvalue weighted by atomic mass is 10.1. The van der Waals surface area contributed by atoms with Crippen LogP contribution in [0.25, 0.3) is 0 Å². The number of carbonyl (C=O) groups excluding carboxylic acids is 1. The molecule has 0 aliphatic carbocycles. The average molecular weight is 281 g/mol. The summed E-state index contributed by atoms with van der Waals surface area (Å²) in [6, 6.07) is 5.84. The minimum Gasteiger partial charge on any atom is -0.484 e. The summed E-state index contributed by atoms with van der Waals surface area (Å²) in [5.74, 6) is 0.118. The zero-order chi connectivity index (χ0) is 14.4. The van der Waals surface area contributed by atoms with E-state index in [1.54, 1.807) is 0 Å². The van der Waals surface area contributed by atoms with Crippen molar-refractivity contribution in [2.75, 3.05) is 19.8 Å². The first kappa shape index (κ1) is 14.8. The van der Waals surface area contributed by atoms with E-state index in [2.05, 4.69) is 0 Å². The number of hydrogen-bond donors (Lipinski definition) is 1. The Balaban J connectivity index is 1.83. The number of halogens is 1. The third-order valence-corrected chi connectivity index (χ3v) is 3.57. The molecule has 1 amide bonds. The number of aliphatic hydroxyl groups is 1. The predicted octanol–water partition coefficient (Wildman–Crippen LogP) is 1.97. The summed E-state index contributed by atoms with van der Waals surface area (Å²) in [6.07, 6.45) is 3.53. The Hall–Kier alpha value is -1.62. The van der Waals surface area contributed by atoms with E-state index < -0.39 is 0 Å². The Morgan fingerprint density at radius 3 is 2.85 bits per heavy atom. The molecule has 20 heavy (non-hydrogen) atoms. The van der Waals surface area contributed by atoms with Crippen molar-refractivity contribution in [2.45, 2.75) is 31.7 Å². The van der Waals surface area contributed by atoms with Crippen molar-refractivity contribution in [2.24, 2.45) is 0 Å². The van der Waals surface area contributed by atoms with Crippen LogP contribution in [0.4, 0.5) is 4.39 Å². The largest absolute Gasteiger partial charge is 0.484 e. The molecule has 0 bridgehead atoms. The van der Waals surface area contributed by atoms with Gasteiger partial charge < -0.3 is 14.7 Å². The molecule has 1 heterocycles. The lowest BCUT2D eigenvalue weighted by molar-refractivity contribution is -0.134. The molecule has 1 aromatic carbocycles. The van der Waals surface area contributed by atoms with Gasteiger partial charge in [0.15, 0.2) is 6.61 Å². The van der Waals surface area contributed by atoms with Gasteiger partial charge in [0.1, 0.15) is 11.6 Å². The van der Waals surface area contributed by atoms with Gasteiger partial charge in [-0.15, -0.1) is 0 Å². The van der Waals surface area contributed by atoms with Gasteiger partial charge in [-0.25, -0.2) is 4.39 Å². The van der Waals surface area contributed by atoms with Crippen molar-refractivity contribution in [3.8, 4) is 5.75 Å². The fourth-order valence-corrected chi connectivity index (χ4v) is 2.55. The third kappa shape index (κ3) is 3.93.